The van der Waals surface area contributed by atoms with Crippen molar-refractivity contribution < 1.29 is 14.4 Å². The summed E-state index contributed by atoms with van der Waals surface area (Å²) in [6, 6.07) is 3.02. The molecule has 1 aromatic rings. The standard InChI is InChI=1S/C21H27N3O3/c1-13(2)11-18(19(25)23-12-17-14(3)7-6-10-22-17)24-20(26)15-8-4-5-9-16(15)21(24)27/h4-7,10,13,15-16,18H,8-9,11-12H2,1-3H3,(H,23,25)/t15-,16-,18+/m0/s1. The summed E-state index contributed by atoms with van der Waals surface area (Å²) < 4.78 is 0. The molecular formula is C21H27N3O3. The van der Waals surface area contributed by atoms with Gasteiger partial charge < -0.3 is 5.32 Å². The second-order valence-electron chi connectivity index (χ2n) is 7.83. The van der Waals surface area contributed by atoms with Crippen LogP contribution in [-0.2, 0) is 20.9 Å². The predicted molar refractivity (Wildman–Crippen MR) is 101 cm³/mol. The van der Waals surface area contributed by atoms with E-state index in [4.69, 9.17) is 0 Å². The Labute approximate surface area is 160 Å². The van der Waals surface area contributed by atoms with Crippen molar-refractivity contribution in [3.05, 3.63) is 41.7 Å². The molecule has 0 spiro atoms. The number of hydrogen-bond donors (Lipinski definition) is 1. The van der Waals surface area contributed by atoms with Gasteiger partial charge in [-0.2, -0.15) is 0 Å². The van der Waals surface area contributed by atoms with Gasteiger partial charge in [-0.1, -0.05) is 32.1 Å². The number of amides is 3. The van der Waals surface area contributed by atoms with Gasteiger partial charge in [-0.15, -0.1) is 0 Å². The minimum Gasteiger partial charge on any atom is -0.349 e. The summed E-state index contributed by atoms with van der Waals surface area (Å²) in [5.74, 6) is -1.15. The van der Waals surface area contributed by atoms with Crippen LogP contribution in [0, 0.1) is 24.7 Å². The summed E-state index contributed by atoms with van der Waals surface area (Å²) in [5, 5.41) is 2.88. The Morgan fingerprint density at radius 1 is 1.22 bits per heavy atom. The third-order valence-electron chi connectivity index (χ3n) is 5.40. The molecule has 0 aromatic carbocycles. The SMILES string of the molecule is Cc1cccnc1CNC(=O)[C@@H](CC(C)C)N1C(=O)[C@H]2CC=CC[C@@H]2C1=O. The van der Waals surface area contributed by atoms with Crippen LogP contribution >= 0.6 is 0 Å². The quantitative estimate of drug-likeness (QED) is 0.617. The molecule has 3 rings (SSSR count). The van der Waals surface area contributed by atoms with Crippen molar-refractivity contribution in [2.75, 3.05) is 0 Å². The number of nitrogens with one attached hydrogen (secondary N) is 1. The second-order valence-corrected chi connectivity index (χ2v) is 7.83. The van der Waals surface area contributed by atoms with Gasteiger partial charge in [-0.25, -0.2) is 0 Å². The number of imide groups is 1. The molecule has 0 radical (unpaired) electrons. The lowest BCUT2D eigenvalue weighted by Crippen LogP contribution is -2.50. The fourth-order valence-corrected chi connectivity index (χ4v) is 3.90. The highest BCUT2D eigenvalue weighted by molar-refractivity contribution is 6.08. The monoisotopic (exact) mass is 369 g/mol. The van der Waals surface area contributed by atoms with Crippen molar-refractivity contribution in [2.24, 2.45) is 17.8 Å². The van der Waals surface area contributed by atoms with Crippen LogP contribution in [0.15, 0.2) is 30.5 Å². The van der Waals surface area contributed by atoms with E-state index in [0.717, 1.165) is 11.3 Å². The molecule has 1 aromatic heterocycles. The van der Waals surface area contributed by atoms with E-state index in [9.17, 15) is 14.4 Å². The lowest BCUT2D eigenvalue weighted by atomic mass is 9.85. The zero-order valence-electron chi connectivity index (χ0n) is 16.1. The van der Waals surface area contributed by atoms with E-state index in [2.05, 4.69) is 10.3 Å². The van der Waals surface area contributed by atoms with E-state index in [-0.39, 0.29) is 42.0 Å². The van der Waals surface area contributed by atoms with Crippen LogP contribution in [0.4, 0.5) is 0 Å². The van der Waals surface area contributed by atoms with Gasteiger partial charge in [0.15, 0.2) is 0 Å². The largest absolute Gasteiger partial charge is 0.349 e. The molecule has 1 aliphatic carbocycles. The number of fused-ring (bicyclic) bond motifs is 1. The number of hydrogen-bond acceptors (Lipinski definition) is 4. The molecule has 2 aliphatic rings. The van der Waals surface area contributed by atoms with Crippen LogP contribution in [0.25, 0.3) is 0 Å². The molecule has 3 amide bonds. The van der Waals surface area contributed by atoms with Crippen LogP contribution in [0.5, 0.6) is 0 Å². The molecule has 0 bridgehead atoms. The van der Waals surface area contributed by atoms with Crippen LogP contribution in [0.2, 0.25) is 0 Å². The van der Waals surface area contributed by atoms with E-state index in [0.29, 0.717) is 19.3 Å². The van der Waals surface area contributed by atoms with E-state index >= 15 is 0 Å². The molecule has 144 valence electrons. The Morgan fingerprint density at radius 3 is 2.41 bits per heavy atom. The van der Waals surface area contributed by atoms with Crippen molar-refractivity contribution in [1.82, 2.24) is 15.2 Å². The van der Waals surface area contributed by atoms with E-state index in [1.807, 2.05) is 45.1 Å². The summed E-state index contributed by atoms with van der Waals surface area (Å²) in [7, 11) is 0. The number of allylic oxidation sites excluding steroid dienone is 2. The first-order chi connectivity index (χ1) is 12.9. The topological polar surface area (TPSA) is 79.4 Å². The molecule has 2 heterocycles. The Morgan fingerprint density at radius 2 is 1.85 bits per heavy atom. The highest BCUT2D eigenvalue weighted by atomic mass is 16.2. The first-order valence-corrected chi connectivity index (χ1v) is 9.60. The number of pyridine rings is 1. The van der Waals surface area contributed by atoms with Gasteiger partial charge in [-0.05, 0) is 43.7 Å². The number of nitrogens with zero attached hydrogens (tertiary/aromatic N) is 2. The number of aryl methyl sites for hydroxylation is 1. The fraction of sp³-hybridized carbons (Fsp3) is 0.524. The average Bonchev–Trinajstić information content (AvgIpc) is 2.90. The Balaban J connectivity index is 1.77. The van der Waals surface area contributed by atoms with Gasteiger partial charge in [0.2, 0.25) is 17.7 Å². The summed E-state index contributed by atoms with van der Waals surface area (Å²) in [6.07, 6.45) is 7.21. The van der Waals surface area contributed by atoms with Crippen LogP contribution in [-0.4, -0.2) is 33.6 Å². The average molecular weight is 369 g/mol. The summed E-state index contributed by atoms with van der Waals surface area (Å²) in [4.78, 5) is 44.2. The smallest absolute Gasteiger partial charge is 0.243 e. The third kappa shape index (κ3) is 3.94. The van der Waals surface area contributed by atoms with Crippen LogP contribution in [0.3, 0.4) is 0 Å². The predicted octanol–water partition coefficient (Wildman–Crippen LogP) is 2.37. The number of likely N-dealkylation sites (tertiary alicyclic amines) is 1. The Kier molecular flexibility index (Phi) is 5.73. The Hall–Kier alpha value is -2.50. The molecule has 1 aliphatic heterocycles. The molecule has 0 unspecified atom stereocenters. The molecule has 27 heavy (non-hydrogen) atoms. The van der Waals surface area contributed by atoms with Gasteiger partial charge in [0.25, 0.3) is 0 Å². The molecule has 3 atom stereocenters. The summed E-state index contributed by atoms with van der Waals surface area (Å²) in [5.41, 5.74) is 1.77. The lowest BCUT2D eigenvalue weighted by molar-refractivity contribution is -0.148. The first-order valence-electron chi connectivity index (χ1n) is 9.60. The molecule has 0 saturated carbocycles. The van der Waals surface area contributed by atoms with Crippen molar-refractivity contribution in [3.8, 4) is 0 Å². The second kappa shape index (κ2) is 8.03. The number of carbonyl (C=O) groups is 3. The lowest BCUT2D eigenvalue weighted by Gasteiger charge is -2.27. The fourth-order valence-electron chi connectivity index (χ4n) is 3.90. The van der Waals surface area contributed by atoms with Crippen molar-refractivity contribution in [1.29, 1.82) is 0 Å². The van der Waals surface area contributed by atoms with E-state index in [1.165, 1.54) is 4.90 Å². The van der Waals surface area contributed by atoms with Crippen LogP contribution in [0.1, 0.15) is 44.4 Å². The maximum atomic E-state index is 12.9. The van der Waals surface area contributed by atoms with Crippen molar-refractivity contribution >= 4 is 17.7 Å². The minimum absolute atomic E-state index is 0.179. The van der Waals surface area contributed by atoms with Gasteiger partial charge in [0, 0.05) is 6.20 Å². The summed E-state index contributed by atoms with van der Waals surface area (Å²) in [6.45, 7) is 6.20. The highest BCUT2D eigenvalue weighted by Crippen LogP contribution is 2.37. The number of rotatable bonds is 6. The molecular weight excluding hydrogens is 342 g/mol. The molecule has 6 nitrogen and oxygen atoms in total. The zero-order valence-corrected chi connectivity index (χ0v) is 16.1. The van der Waals surface area contributed by atoms with Gasteiger partial charge >= 0.3 is 0 Å². The minimum atomic E-state index is -0.764. The summed E-state index contributed by atoms with van der Waals surface area (Å²) >= 11 is 0. The zero-order chi connectivity index (χ0) is 19.6. The van der Waals surface area contributed by atoms with E-state index < -0.39 is 6.04 Å². The van der Waals surface area contributed by atoms with Crippen molar-refractivity contribution in [3.63, 3.8) is 0 Å². The molecule has 6 heteroatoms. The third-order valence-corrected chi connectivity index (χ3v) is 5.40. The number of aromatic nitrogens is 1. The van der Waals surface area contributed by atoms with Gasteiger partial charge in [-0.3, -0.25) is 24.3 Å². The first kappa shape index (κ1) is 19.3. The molecule has 1 saturated heterocycles. The van der Waals surface area contributed by atoms with Gasteiger partial charge in [0.05, 0.1) is 24.1 Å². The van der Waals surface area contributed by atoms with E-state index in [1.54, 1.807) is 6.20 Å². The maximum Gasteiger partial charge on any atom is 0.243 e. The highest BCUT2D eigenvalue weighted by Gasteiger charge is 2.51. The molecule has 1 fully saturated rings. The Bertz CT molecular complexity index is 746. The number of carbonyl (C=O) groups excluding carboxylic acids is 3. The van der Waals surface area contributed by atoms with Crippen molar-refractivity contribution in [2.45, 2.75) is 52.6 Å². The van der Waals surface area contributed by atoms with Crippen LogP contribution < -0.4 is 5.32 Å². The molecule has 1 N–H and O–H groups in total. The van der Waals surface area contributed by atoms with Gasteiger partial charge in [0.1, 0.15) is 6.04 Å². The normalized spacial score (nSPS) is 22.9. The maximum absolute atomic E-state index is 12.9.